The molecule has 0 spiro atoms. The fourth-order valence-electron chi connectivity index (χ4n) is 2.23. The van der Waals surface area contributed by atoms with Gasteiger partial charge in [-0.15, -0.1) is 0 Å². The second-order valence-corrected chi connectivity index (χ2v) is 7.17. The Balaban J connectivity index is 1.88. The molecule has 0 amide bonds. The van der Waals surface area contributed by atoms with Gasteiger partial charge in [0.25, 0.3) is 0 Å². The van der Waals surface area contributed by atoms with Gasteiger partial charge in [-0.1, -0.05) is 18.2 Å². The molecular weight excluding hydrogens is 276 g/mol. The number of ether oxygens (including phenoxy) is 1. The van der Waals surface area contributed by atoms with Crippen LogP contribution in [-0.4, -0.2) is 39.5 Å². The zero-order chi connectivity index (χ0) is 14.6. The van der Waals surface area contributed by atoms with Gasteiger partial charge in [0.1, 0.15) is 0 Å². The Morgan fingerprint density at radius 1 is 1.40 bits per heavy atom. The Morgan fingerprint density at radius 3 is 2.90 bits per heavy atom. The molecule has 1 aromatic rings. The van der Waals surface area contributed by atoms with Crippen LogP contribution in [0.3, 0.4) is 0 Å². The second kappa shape index (κ2) is 6.56. The van der Waals surface area contributed by atoms with Gasteiger partial charge in [0.15, 0.2) is 0 Å². The highest BCUT2D eigenvalue weighted by molar-refractivity contribution is 7.89. The number of para-hydroxylation sites is 1. The summed E-state index contributed by atoms with van der Waals surface area (Å²) >= 11 is 0. The average Bonchev–Trinajstić information content (AvgIpc) is 2.37. The van der Waals surface area contributed by atoms with Crippen LogP contribution in [0.2, 0.25) is 0 Å². The van der Waals surface area contributed by atoms with Gasteiger partial charge >= 0.3 is 0 Å². The van der Waals surface area contributed by atoms with Crippen LogP contribution in [0.5, 0.6) is 0 Å². The van der Waals surface area contributed by atoms with Crippen LogP contribution in [0.4, 0.5) is 5.69 Å². The Kier molecular flexibility index (Phi) is 5.01. The van der Waals surface area contributed by atoms with Crippen molar-refractivity contribution >= 4 is 15.7 Å². The van der Waals surface area contributed by atoms with Crippen LogP contribution in [0.1, 0.15) is 19.4 Å². The van der Waals surface area contributed by atoms with Gasteiger partial charge in [-0.25, -0.2) is 13.1 Å². The van der Waals surface area contributed by atoms with Crippen LogP contribution in [-0.2, 0) is 21.2 Å². The van der Waals surface area contributed by atoms with E-state index in [4.69, 9.17) is 4.74 Å². The van der Waals surface area contributed by atoms with Crippen LogP contribution < -0.4 is 10.0 Å². The lowest BCUT2D eigenvalue weighted by Gasteiger charge is -2.26. The van der Waals surface area contributed by atoms with Crippen LogP contribution in [0.25, 0.3) is 0 Å². The van der Waals surface area contributed by atoms with E-state index in [1.54, 1.807) is 0 Å². The molecule has 112 valence electrons. The highest BCUT2D eigenvalue weighted by Gasteiger charge is 2.22. The lowest BCUT2D eigenvalue weighted by molar-refractivity contribution is 0.0911. The molecule has 0 radical (unpaired) electrons. The Labute approximate surface area is 120 Å². The largest absolute Gasteiger partial charge is 0.383 e. The first-order valence-corrected chi connectivity index (χ1v) is 8.55. The molecule has 0 aromatic heterocycles. The highest BCUT2D eigenvalue weighted by Crippen LogP contribution is 2.21. The molecule has 0 saturated heterocycles. The zero-order valence-electron chi connectivity index (χ0n) is 11.9. The normalized spacial score (nSPS) is 18.6. The minimum absolute atomic E-state index is 0.00330. The standard InChI is InChI=1S/C14H22N2O3S/c1-11(2)19-7-8-20(17,18)16-13-9-12-5-3-4-6-14(12)15-10-13/h3-6,11,13,15-16H,7-10H2,1-2H3. The van der Waals surface area contributed by atoms with Crippen molar-refractivity contribution in [3.63, 3.8) is 0 Å². The maximum Gasteiger partial charge on any atom is 0.214 e. The second-order valence-electron chi connectivity index (χ2n) is 5.30. The van der Waals surface area contributed by atoms with Gasteiger partial charge in [0.05, 0.1) is 18.5 Å². The van der Waals surface area contributed by atoms with E-state index < -0.39 is 10.0 Å². The van der Waals surface area contributed by atoms with Gasteiger partial charge < -0.3 is 10.1 Å². The van der Waals surface area contributed by atoms with E-state index in [9.17, 15) is 8.42 Å². The summed E-state index contributed by atoms with van der Waals surface area (Å²) in [7, 11) is -3.29. The minimum Gasteiger partial charge on any atom is -0.383 e. The molecule has 2 rings (SSSR count). The fraction of sp³-hybridized carbons (Fsp3) is 0.571. The van der Waals surface area contributed by atoms with E-state index in [-0.39, 0.29) is 24.5 Å². The quantitative estimate of drug-likeness (QED) is 0.832. The average molecular weight is 298 g/mol. The summed E-state index contributed by atoms with van der Waals surface area (Å²) in [4.78, 5) is 0. The Bertz CT molecular complexity index is 543. The summed E-state index contributed by atoms with van der Waals surface area (Å²) in [6.07, 6.45) is 0.765. The molecule has 0 aliphatic carbocycles. The summed E-state index contributed by atoms with van der Waals surface area (Å²) in [6.45, 7) is 4.62. The molecule has 1 aliphatic rings. The first-order chi connectivity index (χ1) is 9.46. The molecular formula is C14H22N2O3S. The van der Waals surface area contributed by atoms with E-state index in [0.29, 0.717) is 13.0 Å². The third-order valence-electron chi connectivity index (χ3n) is 3.17. The van der Waals surface area contributed by atoms with E-state index in [0.717, 1.165) is 11.3 Å². The van der Waals surface area contributed by atoms with Gasteiger partial charge in [0.2, 0.25) is 10.0 Å². The number of anilines is 1. The molecule has 0 bridgehead atoms. The van der Waals surface area contributed by atoms with Crippen molar-refractivity contribution in [1.82, 2.24) is 4.72 Å². The number of hydrogen-bond acceptors (Lipinski definition) is 4. The van der Waals surface area contributed by atoms with Crippen molar-refractivity contribution in [3.8, 4) is 0 Å². The topological polar surface area (TPSA) is 67.4 Å². The first-order valence-electron chi connectivity index (χ1n) is 6.89. The molecule has 1 unspecified atom stereocenters. The summed E-state index contributed by atoms with van der Waals surface area (Å²) in [6, 6.07) is 7.86. The SMILES string of the molecule is CC(C)OCCS(=O)(=O)NC1CNc2ccccc2C1. The van der Waals surface area contributed by atoms with Crippen LogP contribution in [0.15, 0.2) is 24.3 Å². The first kappa shape index (κ1) is 15.3. The molecule has 1 aromatic carbocycles. The van der Waals surface area contributed by atoms with E-state index >= 15 is 0 Å². The predicted octanol–water partition coefficient (Wildman–Crippen LogP) is 1.37. The third kappa shape index (κ3) is 4.47. The molecule has 2 N–H and O–H groups in total. The molecule has 5 nitrogen and oxygen atoms in total. The summed E-state index contributed by atoms with van der Waals surface area (Å²) in [5.41, 5.74) is 2.23. The van der Waals surface area contributed by atoms with Crippen molar-refractivity contribution in [2.75, 3.05) is 24.2 Å². The number of hydrogen-bond donors (Lipinski definition) is 2. The van der Waals surface area contributed by atoms with Crippen molar-refractivity contribution in [1.29, 1.82) is 0 Å². The smallest absolute Gasteiger partial charge is 0.214 e. The number of rotatable bonds is 6. The maximum absolute atomic E-state index is 12.0. The van der Waals surface area contributed by atoms with Gasteiger partial charge in [-0.2, -0.15) is 0 Å². The lowest BCUT2D eigenvalue weighted by atomic mass is 10.0. The summed E-state index contributed by atoms with van der Waals surface area (Å²) < 4.78 is 32.0. The number of nitrogens with one attached hydrogen (secondary N) is 2. The number of benzene rings is 1. The Hall–Kier alpha value is -1.11. The van der Waals surface area contributed by atoms with Gasteiger partial charge in [-0.3, -0.25) is 0 Å². The molecule has 1 heterocycles. The van der Waals surface area contributed by atoms with Crippen molar-refractivity contribution in [3.05, 3.63) is 29.8 Å². The summed E-state index contributed by atoms with van der Waals surface area (Å²) in [5.74, 6) is 0.00330. The van der Waals surface area contributed by atoms with Crippen molar-refractivity contribution < 1.29 is 13.2 Å². The van der Waals surface area contributed by atoms with Gasteiger partial charge in [0, 0.05) is 18.3 Å². The van der Waals surface area contributed by atoms with Crippen LogP contribution >= 0.6 is 0 Å². The molecule has 0 fully saturated rings. The van der Waals surface area contributed by atoms with Crippen molar-refractivity contribution in [2.45, 2.75) is 32.4 Å². The third-order valence-corrected chi connectivity index (χ3v) is 4.57. The van der Waals surface area contributed by atoms with Crippen LogP contribution in [0, 0.1) is 0 Å². The fourth-order valence-corrected chi connectivity index (χ4v) is 3.34. The highest BCUT2D eigenvalue weighted by atomic mass is 32.2. The molecule has 20 heavy (non-hydrogen) atoms. The molecule has 6 heteroatoms. The molecule has 0 saturated carbocycles. The monoisotopic (exact) mass is 298 g/mol. The van der Waals surface area contributed by atoms with Crippen molar-refractivity contribution in [2.24, 2.45) is 0 Å². The predicted molar refractivity (Wildman–Crippen MR) is 80.4 cm³/mol. The van der Waals surface area contributed by atoms with Gasteiger partial charge in [-0.05, 0) is 31.9 Å². The Morgan fingerprint density at radius 2 is 2.15 bits per heavy atom. The molecule has 1 aliphatic heterocycles. The zero-order valence-corrected chi connectivity index (χ0v) is 12.7. The van der Waals surface area contributed by atoms with E-state index in [2.05, 4.69) is 10.0 Å². The van der Waals surface area contributed by atoms with E-state index in [1.165, 1.54) is 0 Å². The minimum atomic E-state index is -3.29. The number of sulfonamides is 1. The number of fused-ring (bicyclic) bond motifs is 1. The molecule has 1 atom stereocenters. The lowest BCUT2D eigenvalue weighted by Crippen LogP contribution is -2.44. The maximum atomic E-state index is 12.0. The van der Waals surface area contributed by atoms with E-state index in [1.807, 2.05) is 38.1 Å². The summed E-state index contributed by atoms with van der Waals surface area (Å²) in [5, 5.41) is 3.25.